The maximum Gasteiger partial charge on any atom is 0.143 e. The van der Waals surface area contributed by atoms with Gasteiger partial charge < -0.3 is 19.1 Å². The van der Waals surface area contributed by atoms with Crippen LogP contribution in [-0.2, 0) is 6.54 Å². The van der Waals surface area contributed by atoms with Gasteiger partial charge >= 0.3 is 0 Å². The summed E-state index contributed by atoms with van der Waals surface area (Å²) in [6, 6.07) is 5.53. The first-order valence-corrected chi connectivity index (χ1v) is 7.25. The van der Waals surface area contributed by atoms with Crippen LogP contribution in [0, 0.1) is 0 Å². The van der Waals surface area contributed by atoms with Crippen molar-refractivity contribution in [3.63, 3.8) is 0 Å². The molecule has 1 N–H and O–H groups in total. The van der Waals surface area contributed by atoms with Crippen LogP contribution in [0.15, 0.2) is 30.7 Å². The molecule has 0 aliphatic carbocycles. The number of aromatic nitrogens is 2. The molecule has 0 saturated heterocycles. The molecule has 0 spiro atoms. The number of imidazole rings is 1. The number of hydrogen-bond acceptors (Lipinski definition) is 4. The number of rotatable bonds is 4. The quantitative estimate of drug-likeness (QED) is 0.940. The standard InChI is InChI=1S/C16H20N2O3/c1-3-6-18-10-17-9-13(18)16-8-14(19)12-7-11(20-2)4-5-15(12)21-16/h4-5,7,9-10,14,16,19H,3,6,8H2,1-2H3. The van der Waals surface area contributed by atoms with E-state index < -0.39 is 6.10 Å². The highest BCUT2D eigenvalue weighted by atomic mass is 16.5. The van der Waals surface area contributed by atoms with Gasteiger partial charge in [-0.25, -0.2) is 4.98 Å². The smallest absolute Gasteiger partial charge is 0.143 e. The van der Waals surface area contributed by atoms with Crippen LogP contribution in [0.25, 0.3) is 0 Å². The number of nitrogens with zero attached hydrogens (tertiary/aromatic N) is 2. The average molecular weight is 288 g/mol. The summed E-state index contributed by atoms with van der Waals surface area (Å²) in [4.78, 5) is 4.21. The fourth-order valence-electron chi connectivity index (χ4n) is 2.76. The maximum atomic E-state index is 10.4. The third-order valence-electron chi connectivity index (χ3n) is 3.82. The van der Waals surface area contributed by atoms with E-state index in [-0.39, 0.29) is 6.10 Å². The van der Waals surface area contributed by atoms with Crippen molar-refractivity contribution in [1.82, 2.24) is 9.55 Å². The van der Waals surface area contributed by atoms with E-state index in [9.17, 15) is 5.11 Å². The van der Waals surface area contributed by atoms with Crippen molar-refractivity contribution in [3.8, 4) is 11.5 Å². The molecule has 5 nitrogen and oxygen atoms in total. The SMILES string of the molecule is CCCn1cncc1C1CC(O)c2cc(OC)ccc2O1. The van der Waals surface area contributed by atoms with Crippen LogP contribution in [-0.4, -0.2) is 21.8 Å². The molecule has 2 atom stereocenters. The Kier molecular flexibility index (Phi) is 3.84. The summed E-state index contributed by atoms with van der Waals surface area (Å²) in [5.74, 6) is 1.44. The Morgan fingerprint density at radius 2 is 2.33 bits per heavy atom. The second kappa shape index (κ2) is 5.77. The molecule has 0 fully saturated rings. The van der Waals surface area contributed by atoms with Crippen LogP contribution in [0.5, 0.6) is 11.5 Å². The molecule has 1 aliphatic rings. The van der Waals surface area contributed by atoms with Crippen LogP contribution in [0.2, 0.25) is 0 Å². The third-order valence-corrected chi connectivity index (χ3v) is 3.82. The van der Waals surface area contributed by atoms with E-state index in [4.69, 9.17) is 9.47 Å². The number of hydrogen-bond donors (Lipinski definition) is 1. The molecule has 1 aromatic heterocycles. The van der Waals surface area contributed by atoms with Crippen LogP contribution >= 0.6 is 0 Å². The molecule has 1 aliphatic heterocycles. The van der Waals surface area contributed by atoms with Crippen molar-refractivity contribution in [2.45, 2.75) is 38.5 Å². The Morgan fingerprint density at radius 3 is 3.10 bits per heavy atom. The lowest BCUT2D eigenvalue weighted by atomic mass is 9.97. The lowest BCUT2D eigenvalue weighted by Gasteiger charge is -2.30. The largest absolute Gasteiger partial charge is 0.497 e. The van der Waals surface area contributed by atoms with Gasteiger partial charge in [0, 0.05) is 18.5 Å². The fourth-order valence-corrected chi connectivity index (χ4v) is 2.76. The van der Waals surface area contributed by atoms with Crippen LogP contribution in [0.3, 0.4) is 0 Å². The molecule has 112 valence electrons. The van der Waals surface area contributed by atoms with E-state index in [1.54, 1.807) is 7.11 Å². The number of fused-ring (bicyclic) bond motifs is 1. The highest BCUT2D eigenvalue weighted by molar-refractivity contribution is 5.43. The molecule has 1 aromatic carbocycles. The zero-order valence-corrected chi connectivity index (χ0v) is 12.3. The Hall–Kier alpha value is -2.01. The maximum absolute atomic E-state index is 10.4. The summed E-state index contributed by atoms with van der Waals surface area (Å²) in [5, 5.41) is 10.4. The molecular formula is C16H20N2O3. The molecule has 0 saturated carbocycles. The number of benzene rings is 1. The van der Waals surface area contributed by atoms with Gasteiger partial charge in [-0.1, -0.05) is 6.92 Å². The second-order valence-electron chi connectivity index (χ2n) is 5.27. The fraction of sp³-hybridized carbons (Fsp3) is 0.438. The Labute approximate surface area is 124 Å². The first kappa shape index (κ1) is 13.9. The van der Waals surface area contributed by atoms with Crippen LogP contribution < -0.4 is 9.47 Å². The molecule has 5 heteroatoms. The summed E-state index contributed by atoms with van der Waals surface area (Å²) in [6.45, 7) is 3.03. The van der Waals surface area contributed by atoms with E-state index >= 15 is 0 Å². The highest BCUT2D eigenvalue weighted by Crippen LogP contribution is 2.42. The predicted molar refractivity (Wildman–Crippen MR) is 78.5 cm³/mol. The van der Waals surface area contributed by atoms with Crippen molar-refractivity contribution in [3.05, 3.63) is 42.0 Å². The summed E-state index contributed by atoms with van der Waals surface area (Å²) in [6.07, 6.45) is 4.47. The highest BCUT2D eigenvalue weighted by Gasteiger charge is 2.30. The minimum Gasteiger partial charge on any atom is -0.497 e. The van der Waals surface area contributed by atoms with Gasteiger partial charge in [0.15, 0.2) is 0 Å². The number of aliphatic hydroxyl groups is 1. The van der Waals surface area contributed by atoms with Gasteiger partial charge in [0.25, 0.3) is 0 Å². The lowest BCUT2D eigenvalue weighted by Crippen LogP contribution is -2.21. The monoisotopic (exact) mass is 288 g/mol. The Balaban J connectivity index is 1.89. The van der Waals surface area contributed by atoms with Gasteiger partial charge in [-0.05, 0) is 24.6 Å². The normalized spacial score (nSPS) is 20.7. The zero-order valence-electron chi connectivity index (χ0n) is 12.3. The summed E-state index contributed by atoms with van der Waals surface area (Å²) in [7, 11) is 1.61. The van der Waals surface area contributed by atoms with Crippen LogP contribution in [0.4, 0.5) is 0 Å². The molecule has 3 rings (SSSR count). The van der Waals surface area contributed by atoms with E-state index in [1.807, 2.05) is 30.7 Å². The zero-order chi connectivity index (χ0) is 14.8. The third kappa shape index (κ3) is 2.61. The van der Waals surface area contributed by atoms with Gasteiger partial charge in [-0.2, -0.15) is 0 Å². The van der Waals surface area contributed by atoms with Gasteiger partial charge in [-0.3, -0.25) is 0 Å². The van der Waals surface area contributed by atoms with E-state index in [0.717, 1.165) is 30.0 Å². The first-order chi connectivity index (χ1) is 10.2. The lowest BCUT2D eigenvalue weighted by molar-refractivity contribution is 0.0615. The Bertz CT molecular complexity index is 624. The first-order valence-electron chi connectivity index (χ1n) is 7.25. The van der Waals surface area contributed by atoms with Gasteiger partial charge in [-0.15, -0.1) is 0 Å². The number of aliphatic hydroxyl groups excluding tert-OH is 1. The predicted octanol–water partition coefficient (Wildman–Crippen LogP) is 2.86. The number of methoxy groups -OCH3 is 1. The van der Waals surface area contributed by atoms with Gasteiger partial charge in [0.1, 0.15) is 17.6 Å². The van der Waals surface area contributed by atoms with E-state index in [1.165, 1.54) is 0 Å². The van der Waals surface area contributed by atoms with Crippen molar-refractivity contribution in [2.24, 2.45) is 0 Å². The van der Waals surface area contributed by atoms with E-state index in [0.29, 0.717) is 12.2 Å². The average Bonchev–Trinajstić information content (AvgIpc) is 2.95. The van der Waals surface area contributed by atoms with Crippen molar-refractivity contribution in [1.29, 1.82) is 0 Å². The molecule has 0 amide bonds. The van der Waals surface area contributed by atoms with Crippen molar-refractivity contribution >= 4 is 0 Å². The number of ether oxygens (including phenoxy) is 2. The summed E-state index contributed by atoms with van der Waals surface area (Å²) >= 11 is 0. The number of aryl methyl sites for hydroxylation is 1. The van der Waals surface area contributed by atoms with Gasteiger partial charge in [0.05, 0.1) is 31.4 Å². The summed E-state index contributed by atoms with van der Waals surface area (Å²) in [5.41, 5.74) is 1.80. The van der Waals surface area contributed by atoms with E-state index in [2.05, 4.69) is 16.5 Å². The Morgan fingerprint density at radius 1 is 1.48 bits per heavy atom. The molecule has 0 bridgehead atoms. The minimum absolute atomic E-state index is 0.171. The molecule has 2 unspecified atom stereocenters. The van der Waals surface area contributed by atoms with Crippen LogP contribution in [0.1, 0.15) is 43.2 Å². The van der Waals surface area contributed by atoms with Gasteiger partial charge in [0.2, 0.25) is 0 Å². The topological polar surface area (TPSA) is 56.5 Å². The molecular weight excluding hydrogens is 268 g/mol. The second-order valence-corrected chi connectivity index (χ2v) is 5.27. The molecule has 0 radical (unpaired) electrons. The summed E-state index contributed by atoms with van der Waals surface area (Å²) < 4.78 is 13.3. The van der Waals surface area contributed by atoms with Crippen molar-refractivity contribution < 1.29 is 14.6 Å². The molecule has 2 heterocycles. The van der Waals surface area contributed by atoms with Crippen molar-refractivity contribution in [2.75, 3.05) is 7.11 Å². The minimum atomic E-state index is -0.557. The molecule has 21 heavy (non-hydrogen) atoms. The molecule has 2 aromatic rings.